The highest BCUT2D eigenvalue weighted by molar-refractivity contribution is 5.87. The van der Waals surface area contributed by atoms with E-state index < -0.39 is 11.8 Å². The molecule has 4 heteroatoms. The molecule has 0 bridgehead atoms. The van der Waals surface area contributed by atoms with Gasteiger partial charge < -0.3 is 10.2 Å². The number of nitrogens with zero attached hydrogens (tertiary/aromatic N) is 1. The van der Waals surface area contributed by atoms with Crippen LogP contribution in [0.15, 0.2) is 58.7 Å². The molecule has 0 aromatic heterocycles. The van der Waals surface area contributed by atoms with Crippen LogP contribution >= 0.6 is 0 Å². The Morgan fingerprint density at radius 3 is 2.43 bits per heavy atom. The molecule has 1 aliphatic carbocycles. The minimum absolute atomic E-state index is 0.0203. The topological polar surface area (TPSA) is 60.8 Å². The number of Topliss-reactive ketones (excluding diaryl/α,β-unsaturated/α-hetero) is 1. The van der Waals surface area contributed by atoms with Crippen LogP contribution in [0.25, 0.3) is 0 Å². The number of ketones is 1. The number of hydrogen-bond donors (Lipinski definition) is 2. The molecule has 0 saturated carbocycles. The zero-order chi connectivity index (χ0) is 23.1. The summed E-state index contributed by atoms with van der Waals surface area (Å²) in [5.74, 6) is -0.331. The van der Waals surface area contributed by atoms with Gasteiger partial charge in [0.05, 0.1) is 6.54 Å². The third kappa shape index (κ3) is 8.55. The second-order valence-corrected chi connectivity index (χ2v) is 9.76. The number of allylic oxidation sites excluding steroid dienone is 9. The van der Waals surface area contributed by atoms with Crippen LogP contribution in [0.5, 0.6) is 0 Å². The van der Waals surface area contributed by atoms with Crippen LogP contribution in [-0.4, -0.2) is 46.3 Å². The van der Waals surface area contributed by atoms with Crippen molar-refractivity contribution >= 4 is 5.78 Å². The molecule has 2 N–H and O–H groups in total. The Hall–Kier alpha value is -1.75. The van der Waals surface area contributed by atoms with Crippen molar-refractivity contribution in [1.29, 1.82) is 0 Å². The molecule has 0 saturated heterocycles. The number of hydrogen-bond acceptors (Lipinski definition) is 4. The van der Waals surface area contributed by atoms with Gasteiger partial charge in [-0.3, -0.25) is 9.69 Å². The van der Waals surface area contributed by atoms with Crippen LogP contribution in [0.3, 0.4) is 0 Å². The highest BCUT2D eigenvalue weighted by Crippen LogP contribution is 2.40. The monoisotopic (exact) mass is 415 g/mol. The van der Waals surface area contributed by atoms with Crippen LogP contribution in [0.4, 0.5) is 0 Å². The summed E-state index contributed by atoms with van der Waals surface area (Å²) in [6.07, 6.45) is 14.9. The highest BCUT2D eigenvalue weighted by Gasteiger charge is 2.27. The summed E-state index contributed by atoms with van der Waals surface area (Å²) < 4.78 is 0. The van der Waals surface area contributed by atoms with Gasteiger partial charge in [0.2, 0.25) is 0 Å². The number of carbonyl (C=O) groups excluding carboxylic acids is 1. The summed E-state index contributed by atoms with van der Waals surface area (Å²) in [6, 6.07) is 0. The Bertz CT molecular complexity index is 758. The van der Waals surface area contributed by atoms with Gasteiger partial charge in [0, 0.05) is 0 Å². The molecular weight excluding hydrogens is 374 g/mol. The summed E-state index contributed by atoms with van der Waals surface area (Å²) in [7, 11) is 1.65. The number of carbonyl (C=O) groups is 1. The first-order valence-electron chi connectivity index (χ1n) is 10.8. The van der Waals surface area contributed by atoms with Crippen molar-refractivity contribution in [1.82, 2.24) is 4.90 Å². The van der Waals surface area contributed by atoms with Crippen molar-refractivity contribution in [2.45, 2.75) is 79.6 Å². The summed E-state index contributed by atoms with van der Waals surface area (Å²) in [6.45, 7) is 13.8. The smallest absolute Gasteiger partial charge is 0.177 e. The number of aliphatic hydroxyl groups is 2. The third-order valence-corrected chi connectivity index (χ3v) is 5.71. The molecule has 0 aromatic rings. The third-order valence-electron chi connectivity index (χ3n) is 5.71. The predicted octanol–water partition coefficient (Wildman–Crippen LogP) is 5.11. The van der Waals surface area contributed by atoms with Crippen molar-refractivity contribution in [3.8, 4) is 0 Å². The molecule has 0 fully saturated rings. The van der Waals surface area contributed by atoms with Gasteiger partial charge in [0.1, 0.15) is 11.8 Å². The van der Waals surface area contributed by atoms with E-state index in [1.165, 1.54) is 49.2 Å². The number of likely N-dealkylation sites (N-methyl/N-ethyl adjacent to an activating group) is 1. The van der Waals surface area contributed by atoms with Crippen LogP contribution in [-0.2, 0) is 4.79 Å². The normalized spacial score (nSPS) is 20.0. The van der Waals surface area contributed by atoms with E-state index in [2.05, 4.69) is 39.8 Å². The average Bonchev–Trinajstić information content (AvgIpc) is 2.59. The molecule has 0 radical (unpaired) electrons. The van der Waals surface area contributed by atoms with Gasteiger partial charge >= 0.3 is 0 Å². The fourth-order valence-electron chi connectivity index (χ4n) is 3.56. The number of rotatable bonds is 9. The zero-order valence-corrected chi connectivity index (χ0v) is 20.1. The van der Waals surface area contributed by atoms with Gasteiger partial charge in [-0.25, -0.2) is 0 Å². The standard InChI is InChI=1S/C26H41NO3/c1-19(14-15-22-21(3)13-10-16-25(22,4)5)11-9-12-20(2)17-24(29)27(8)18-23(28)26(6,7)30/h9,11-12,14-15,17,24,29-30H,10,13,16,18H2,1-8H3/b12-9+,15-14+,19-11-,20-17+. The summed E-state index contributed by atoms with van der Waals surface area (Å²) in [5, 5.41) is 20.0. The Labute approximate surface area is 183 Å². The SMILES string of the molecule is CC1=C(/C=C/C(C)=C\C=C\C(C)=C\C(O)N(C)CC(=O)C(C)(C)O)C(C)(C)CCC1. The first-order valence-corrected chi connectivity index (χ1v) is 10.8. The molecular formula is C26H41NO3. The molecule has 0 aliphatic heterocycles. The maximum absolute atomic E-state index is 11.9. The molecule has 1 aliphatic rings. The second kappa shape index (κ2) is 11.0. The fourth-order valence-corrected chi connectivity index (χ4v) is 3.56. The van der Waals surface area contributed by atoms with E-state index in [0.29, 0.717) is 0 Å². The minimum atomic E-state index is -1.40. The van der Waals surface area contributed by atoms with E-state index in [1.807, 2.05) is 25.2 Å². The van der Waals surface area contributed by atoms with Crippen LogP contribution in [0.1, 0.15) is 67.7 Å². The van der Waals surface area contributed by atoms with Crippen molar-refractivity contribution < 1.29 is 15.0 Å². The summed E-state index contributed by atoms with van der Waals surface area (Å²) in [5.41, 5.74) is 3.84. The van der Waals surface area contributed by atoms with Gasteiger partial charge in [0.25, 0.3) is 0 Å². The maximum Gasteiger partial charge on any atom is 0.177 e. The van der Waals surface area contributed by atoms with E-state index in [9.17, 15) is 15.0 Å². The fraction of sp³-hybridized carbons (Fsp3) is 0.577. The molecule has 4 nitrogen and oxygen atoms in total. The number of aliphatic hydroxyl groups excluding tert-OH is 1. The first-order chi connectivity index (χ1) is 13.7. The van der Waals surface area contributed by atoms with E-state index in [1.54, 1.807) is 13.1 Å². The quantitative estimate of drug-likeness (QED) is 0.406. The lowest BCUT2D eigenvalue weighted by Gasteiger charge is -2.32. The van der Waals surface area contributed by atoms with Crippen molar-refractivity contribution in [3.63, 3.8) is 0 Å². The second-order valence-electron chi connectivity index (χ2n) is 9.76. The van der Waals surface area contributed by atoms with Crippen LogP contribution in [0.2, 0.25) is 0 Å². The maximum atomic E-state index is 11.9. The van der Waals surface area contributed by atoms with E-state index in [-0.39, 0.29) is 17.7 Å². The lowest BCUT2D eigenvalue weighted by molar-refractivity contribution is -0.136. The molecule has 168 valence electrons. The van der Waals surface area contributed by atoms with Gasteiger partial charge in [-0.1, -0.05) is 60.9 Å². The van der Waals surface area contributed by atoms with E-state index >= 15 is 0 Å². The average molecular weight is 416 g/mol. The Balaban J connectivity index is 2.72. The van der Waals surface area contributed by atoms with Gasteiger partial charge in [-0.05, 0) is 78.0 Å². The largest absolute Gasteiger partial charge is 0.383 e. The van der Waals surface area contributed by atoms with Crippen LogP contribution in [0, 0.1) is 5.41 Å². The molecule has 0 aromatic carbocycles. The predicted molar refractivity (Wildman–Crippen MR) is 126 cm³/mol. The lowest BCUT2D eigenvalue weighted by atomic mass is 9.72. The van der Waals surface area contributed by atoms with E-state index in [4.69, 9.17) is 0 Å². The molecule has 0 heterocycles. The lowest BCUT2D eigenvalue weighted by Crippen LogP contribution is -2.42. The van der Waals surface area contributed by atoms with Crippen molar-refractivity contribution in [2.24, 2.45) is 5.41 Å². The van der Waals surface area contributed by atoms with E-state index in [0.717, 1.165) is 11.1 Å². The van der Waals surface area contributed by atoms with Gasteiger partial charge in [0.15, 0.2) is 5.78 Å². The molecule has 1 rings (SSSR count). The zero-order valence-electron chi connectivity index (χ0n) is 20.1. The molecule has 30 heavy (non-hydrogen) atoms. The van der Waals surface area contributed by atoms with Crippen molar-refractivity contribution in [2.75, 3.05) is 13.6 Å². The summed E-state index contributed by atoms with van der Waals surface area (Å²) in [4.78, 5) is 13.4. The minimum Gasteiger partial charge on any atom is -0.383 e. The Morgan fingerprint density at radius 1 is 1.23 bits per heavy atom. The molecule has 1 atom stereocenters. The summed E-state index contributed by atoms with van der Waals surface area (Å²) >= 11 is 0. The first kappa shape index (κ1) is 26.3. The van der Waals surface area contributed by atoms with Gasteiger partial charge in [-0.15, -0.1) is 0 Å². The molecule has 1 unspecified atom stereocenters. The molecule has 0 spiro atoms. The Morgan fingerprint density at radius 2 is 1.87 bits per heavy atom. The highest BCUT2D eigenvalue weighted by atomic mass is 16.3. The Kier molecular flexibility index (Phi) is 9.67. The van der Waals surface area contributed by atoms with Gasteiger partial charge in [-0.2, -0.15) is 0 Å². The van der Waals surface area contributed by atoms with Crippen molar-refractivity contribution in [3.05, 3.63) is 58.7 Å². The van der Waals surface area contributed by atoms with Crippen LogP contribution < -0.4 is 0 Å². The molecule has 0 amide bonds.